The smallest absolute Gasteiger partial charge is 0.248 e. The zero-order valence-electron chi connectivity index (χ0n) is 15.2. The summed E-state index contributed by atoms with van der Waals surface area (Å²) in [6, 6.07) is -1.02. The van der Waals surface area contributed by atoms with Crippen molar-refractivity contribution in [3.8, 4) is 0 Å². The SMILES string of the molecule is C=P(O)(OC[C@H]1O[C@@H]([B]C)C(O)[C@H]1O)O[C@@H]1C(OPP)[C@H]([B]C)O[C@@H]1CO. The van der Waals surface area contributed by atoms with Gasteiger partial charge in [-0.3, -0.25) is 0 Å². The van der Waals surface area contributed by atoms with Gasteiger partial charge in [0.25, 0.3) is 0 Å². The molecule has 2 heterocycles. The second kappa shape index (κ2) is 10.8. The van der Waals surface area contributed by atoms with Crippen molar-refractivity contribution in [3.05, 3.63) is 0 Å². The van der Waals surface area contributed by atoms with E-state index in [1.807, 2.05) is 0 Å². The van der Waals surface area contributed by atoms with Gasteiger partial charge < -0.3 is 43.3 Å². The van der Waals surface area contributed by atoms with Crippen LogP contribution in [-0.2, 0) is 23.0 Å². The molecule has 2 saturated heterocycles. The van der Waals surface area contributed by atoms with Crippen molar-refractivity contribution >= 4 is 45.8 Å². The van der Waals surface area contributed by atoms with E-state index < -0.39 is 56.2 Å². The van der Waals surface area contributed by atoms with Crippen LogP contribution in [0.2, 0.25) is 13.6 Å². The molecule has 5 unspecified atom stereocenters. The first-order chi connectivity index (χ1) is 12.8. The van der Waals surface area contributed by atoms with Gasteiger partial charge in [-0.15, -0.1) is 0 Å². The summed E-state index contributed by atoms with van der Waals surface area (Å²) in [5.41, 5.74) is 0. The lowest BCUT2D eigenvalue weighted by atomic mass is 9.72. The number of aliphatic hydroxyl groups is 3. The monoisotopic (exact) mass is 442 g/mol. The summed E-state index contributed by atoms with van der Waals surface area (Å²) in [5, 5.41) is 29.5. The normalized spacial score (nSPS) is 41.9. The van der Waals surface area contributed by atoms with Gasteiger partial charge in [0, 0.05) is 8.50 Å². The van der Waals surface area contributed by atoms with Gasteiger partial charge in [-0.25, -0.2) is 0 Å². The fourth-order valence-corrected chi connectivity index (χ4v) is 5.09. The Bertz CT molecular complexity index is 519. The summed E-state index contributed by atoms with van der Waals surface area (Å²) in [6.45, 7) is 2.98. The van der Waals surface area contributed by atoms with E-state index in [1.165, 1.54) is 0 Å². The summed E-state index contributed by atoms with van der Waals surface area (Å²) in [6.07, 6.45) is -1.47. The van der Waals surface area contributed by atoms with Crippen LogP contribution in [0.25, 0.3) is 0 Å². The highest BCUT2D eigenvalue weighted by molar-refractivity contribution is 8.00. The van der Waals surface area contributed by atoms with E-state index in [2.05, 4.69) is 15.2 Å². The number of ether oxygens (including phenoxy) is 2. The number of hydrogen-bond donors (Lipinski definition) is 4. The first kappa shape index (κ1) is 24.2. The molecule has 9 nitrogen and oxygen atoms in total. The third-order valence-electron chi connectivity index (χ3n) is 4.51. The molecule has 154 valence electrons. The maximum absolute atomic E-state index is 10.5. The summed E-state index contributed by atoms with van der Waals surface area (Å²) >= 11 is 0. The van der Waals surface area contributed by atoms with E-state index in [-0.39, 0.29) is 21.7 Å². The predicted molar refractivity (Wildman–Crippen MR) is 110 cm³/mol. The van der Waals surface area contributed by atoms with E-state index in [9.17, 15) is 20.2 Å². The van der Waals surface area contributed by atoms with Crippen LogP contribution in [-0.4, -0.2) is 103 Å². The van der Waals surface area contributed by atoms with Crippen molar-refractivity contribution in [1.29, 1.82) is 0 Å². The predicted octanol–water partition coefficient (Wildman–Crippen LogP) is -0.988. The number of rotatable bonds is 10. The Balaban J connectivity index is 1.98. The molecule has 14 heteroatoms. The molecule has 2 rings (SSSR count). The maximum atomic E-state index is 10.5. The van der Waals surface area contributed by atoms with E-state index in [0.717, 1.165) is 0 Å². The molecule has 0 aromatic heterocycles. The molecule has 2 aliphatic rings. The van der Waals surface area contributed by atoms with Crippen LogP contribution in [0.5, 0.6) is 0 Å². The molecule has 2 radical (unpaired) electrons. The van der Waals surface area contributed by atoms with E-state index in [1.54, 1.807) is 28.2 Å². The third-order valence-corrected chi connectivity index (χ3v) is 6.46. The van der Waals surface area contributed by atoms with Gasteiger partial charge >= 0.3 is 0 Å². The van der Waals surface area contributed by atoms with E-state index >= 15 is 0 Å². The highest BCUT2D eigenvalue weighted by Gasteiger charge is 2.47. The van der Waals surface area contributed by atoms with Crippen molar-refractivity contribution in [1.82, 2.24) is 0 Å². The lowest BCUT2D eigenvalue weighted by molar-refractivity contribution is -0.0225. The van der Waals surface area contributed by atoms with Crippen LogP contribution in [0.1, 0.15) is 0 Å². The summed E-state index contributed by atoms with van der Waals surface area (Å²) in [5.74, 6) is 0. The van der Waals surface area contributed by atoms with Crippen LogP contribution in [0.3, 0.4) is 0 Å². The highest BCUT2D eigenvalue weighted by atomic mass is 32.0. The van der Waals surface area contributed by atoms with Gasteiger partial charge in [0.15, 0.2) is 0 Å². The molecular formula is C13H27B2O9P3. The van der Waals surface area contributed by atoms with Crippen molar-refractivity contribution in [2.24, 2.45) is 0 Å². The zero-order valence-corrected chi connectivity index (χ0v) is 18.3. The Morgan fingerprint density at radius 3 is 2.26 bits per heavy atom. The molecule has 2 fully saturated rings. The van der Waals surface area contributed by atoms with Gasteiger partial charge in [0.1, 0.15) is 51.2 Å². The summed E-state index contributed by atoms with van der Waals surface area (Å²) in [4.78, 5) is 10.5. The molecule has 0 saturated carbocycles. The molecule has 0 amide bonds. The minimum atomic E-state index is -3.59. The Hall–Kier alpha value is 0.930. The van der Waals surface area contributed by atoms with Gasteiger partial charge in [0.2, 0.25) is 7.57 Å². The molecule has 0 aromatic carbocycles. The second-order valence-corrected chi connectivity index (χ2v) is 9.23. The Morgan fingerprint density at radius 1 is 1.11 bits per heavy atom. The lowest BCUT2D eigenvalue weighted by Gasteiger charge is -2.29. The van der Waals surface area contributed by atoms with E-state index in [4.69, 9.17) is 23.0 Å². The van der Waals surface area contributed by atoms with Gasteiger partial charge in [-0.2, -0.15) is 0 Å². The van der Waals surface area contributed by atoms with E-state index in [0.29, 0.717) is 0 Å². The molecule has 0 aliphatic carbocycles. The van der Waals surface area contributed by atoms with Crippen LogP contribution < -0.4 is 0 Å². The highest BCUT2D eigenvalue weighted by Crippen LogP contribution is 2.48. The molecular weight excluding hydrogens is 415 g/mol. The maximum Gasteiger partial charge on any atom is 0.248 e. The van der Waals surface area contributed by atoms with Crippen LogP contribution in [0, 0.1) is 0 Å². The molecule has 0 bridgehead atoms. The van der Waals surface area contributed by atoms with Gasteiger partial charge in [-0.05, 0) is 6.30 Å². The average Bonchev–Trinajstić information content (AvgIpc) is 3.11. The second-order valence-electron chi connectivity index (χ2n) is 6.31. The molecule has 27 heavy (non-hydrogen) atoms. The fraction of sp³-hybridized carbons (Fsp3) is 0.923. The van der Waals surface area contributed by atoms with Crippen molar-refractivity contribution in [2.75, 3.05) is 13.2 Å². The minimum Gasteiger partial charge on any atom is -0.394 e. The standard InChI is InChI=1S/C13H27B2O9P3/c1-14-12-9(18)8(17)7(22-12)5-20-27(3,19)24-10-6(4-16)21-13(15-2)11(10)23-26-25/h6-13,16-19,26H,3-5,25H2,1-2H3/t6-,7-,8+,9?,10+,11?,12-,13-,27?/m1/s1. The van der Waals surface area contributed by atoms with Crippen molar-refractivity contribution in [3.63, 3.8) is 0 Å². The van der Waals surface area contributed by atoms with Gasteiger partial charge in [-0.1, -0.05) is 22.6 Å². The van der Waals surface area contributed by atoms with Crippen LogP contribution in [0.4, 0.5) is 0 Å². The summed E-state index contributed by atoms with van der Waals surface area (Å²) in [7, 11) is 2.36. The van der Waals surface area contributed by atoms with Gasteiger partial charge in [0.05, 0.1) is 25.2 Å². The topological polar surface area (TPSA) is 127 Å². The van der Waals surface area contributed by atoms with Crippen LogP contribution >= 0.6 is 25.0 Å². The Labute approximate surface area is 165 Å². The average molecular weight is 442 g/mol. The lowest BCUT2D eigenvalue weighted by Crippen LogP contribution is -2.38. The molecule has 0 spiro atoms. The first-order valence-corrected chi connectivity index (χ1v) is 13.0. The molecule has 2 aliphatic heterocycles. The largest absolute Gasteiger partial charge is 0.394 e. The number of aliphatic hydroxyl groups excluding tert-OH is 3. The molecule has 0 aromatic rings. The fourth-order valence-electron chi connectivity index (χ4n) is 3.11. The van der Waals surface area contributed by atoms with Crippen LogP contribution in [0.15, 0.2) is 0 Å². The summed E-state index contributed by atoms with van der Waals surface area (Å²) < 4.78 is 27.9. The quantitative estimate of drug-likeness (QED) is 0.249. The Kier molecular flexibility index (Phi) is 9.69. The molecule has 4 N–H and O–H groups in total. The third kappa shape index (κ3) is 5.97. The zero-order chi connectivity index (χ0) is 20.2. The Morgan fingerprint density at radius 2 is 1.74 bits per heavy atom. The number of hydrogen-bond acceptors (Lipinski definition) is 9. The van der Waals surface area contributed by atoms with Crippen molar-refractivity contribution in [2.45, 2.75) is 62.3 Å². The molecule has 11 atom stereocenters. The minimum absolute atomic E-state index is 0.0803. The first-order valence-electron chi connectivity index (χ1n) is 8.55. The van der Waals surface area contributed by atoms with Crippen molar-refractivity contribution < 1.29 is 43.3 Å².